The van der Waals surface area contributed by atoms with Gasteiger partial charge in [-0.1, -0.05) is 53.0 Å². The van der Waals surface area contributed by atoms with Crippen LogP contribution in [-0.2, 0) is 9.59 Å². The molecule has 0 atom stereocenters. The fourth-order valence-electron chi connectivity index (χ4n) is 3.52. The average Bonchev–Trinajstić information content (AvgIpc) is 3.05. The molecule has 3 aromatic rings. The number of halogens is 3. The molecule has 0 aromatic heterocycles. The first-order valence-corrected chi connectivity index (χ1v) is 11.4. The molecule has 0 saturated carbocycles. The minimum Gasteiger partial charge on any atom is -0.350 e. The molecule has 34 heavy (non-hydrogen) atoms. The maximum Gasteiger partial charge on any atom is 0.283 e. The molecule has 0 saturated heterocycles. The van der Waals surface area contributed by atoms with Crippen molar-refractivity contribution >= 4 is 69.6 Å². The lowest BCUT2D eigenvalue weighted by Gasteiger charge is -2.21. The van der Waals surface area contributed by atoms with Crippen molar-refractivity contribution < 1.29 is 14.4 Å². The fourth-order valence-corrected chi connectivity index (χ4v) is 4.02. The van der Waals surface area contributed by atoms with E-state index in [1.54, 1.807) is 29.2 Å². The lowest BCUT2D eigenvalue weighted by atomic mass is 10.1. The second-order valence-electron chi connectivity index (χ2n) is 7.32. The monoisotopic (exact) mass is 513 g/mol. The second-order valence-corrected chi connectivity index (χ2v) is 8.51. The first-order valence-electron chi connectivity index (χ1n) is 10.3. The van der Waals surface area contributed by atoms with Crippen LogP contribution < -0.4 is 15.1 Å². The Hall–Kier alpha value is -3.32. The standard InChI is InChI=1S/C25H18Cl3N3O3/c1-2-30(17-6-4-3-5-7-17)23(32)15-8-10-16(11-9-15)29-22-21(28)24(33)31(25(22)34)18-12-13-19(26)20(27)14-18/h3-14,29H,2H2,1H3. The van der Waals surface area contributed by atoms with E-state index in [1.165, 1.54) is 18.2 Å². The van der Waals surface area contributed by atoms with Crippen molar-refractivity contribution in [3.63, 3.8) is 0 Å². The van der Waals surface area contributed by atoms with E-state index in [9.17, 15) is 14.4 Å². The van der Waals surface area contributed by atoms with Gasteiger partial charge in [0.1, 0.15) is 10.7 Å². The van der Waals surface area contributed by atoms with Crippen molar-refractivity contribution in [2.75, 3.05) is 21.7 Å². The number of nitrogens with zero attached hydrogens (tertiary/aromatic N) is 2. The van der Waals surface area contributed by atoms with Crippen molar-refractivity contribution in [1.82, 2.24) is 0 Å². The van der Waals surface area contributed by atoms with Gasteiger partial charge in [0.2, 0.25) is 0 Å². The van der Waals surface area contributed by atoms with Gasteiger partial charge in [0.25, 0.3) is 17.7 Å². The van der Waals surface area contributed by atoms with Gasteiger partial charge < -0.3 is 10.2 Å². The van der Waals surface area contributed by atoms with Gasteiger partial charge in [0, 0.05) is 23.5 Å². The molecule has 3 amide bonds. The van der Waals surface area contributed by atoms with E-state index < -0.39 is 11.8 Å². The number of hydrogen-bond donors (Lipinski definition) is 1. The summed E-state index contributed by atoms with van der Waals surface area (Å²) in [4.78, 5) is 41.2. The van der Waals surface area contributed by atoms with Gasteiger partial charge in [-0.2, -0.15) is 0 Å². The molecule has 1 aliphatic heterocycles. The van der Waals surface area contributed by atoms with Crippen molar-refractivity contribution in [3.05, 3.63) is 99.1 Å². The molecular weight excluding hydrogens is 497 g/mol. The highest BCUT2D eigenvalue weighted by Gasteiger charge is 2.39. The van der Waals surface area contributed by atoms with Gasteiger partial charge in [0.05, 0.1) is 15.7 Å². The van der Waals surface area contributed by atoms with Crippen LogP contribution >= 0.6 is 34.8 Å². The number of benzene rings is 3. The number of nitrogens with one attached hydrogen (secondary N) is 1. The zero-order chi connectivity index (χ0) is 24.4. The fraction of sp³-hybridized carbons (Fsp3) is 0.0800. The van der Waals surface area contributed by atoms with Gasteiger partial charge >= 0.3 is 0 Å². The highest BCUT2D eigenvalue weighted by atomic mass is 35.5. The van der Waals surface area contributed by atoms with Crippen LogP contribution in [0, 0.1) is 0 Å². The van der Waals surface area contributed by atoms with Crippen LogP contribution in [0.15, 0.2) is 83.5 Å². The Morgan fingerprint density at radius 3 is 2.18 bits per heavy atom. The molecule has 1 N–H and O–H groups in total. The number of imide groups is 1. The summed E-state index contributed by atoms with van der Waals surface area (Å²) in [5.41, 5.74) is 1.94. The van der Waals surface area contributed by atoms with E-state index in [0.717, 1.165) is 10.6 Å². The number of carbonyl (C=O) groups is 3. The third-order valence-corrected chi connectivity index (χ3v) is 6.31. The Bertz CT molecular complexity index is 1310. The molecule has 0 aliphatic carbocycles. The summed E-state index contributed by atoms with van der Waals surface area (Å²) in [6.07, 6.45) is 0. The molecular formula is C25H18Cl3N3O3. The molecule has 9 heteroatoms. The van der Waals surface area contributed by atoms with Crippen molar-refractivity contribution in [2.24, 2.45) is 0 Å². The van der Waals surface area contributed by atoms with Crippen LogP contribution in [0.1, 0.15) is 17.3 Å². The normalized spacial score (nSPS) is 13.5. The van der Waals surface area contributed by atoms with Gasteiger partial charge in [-0.15, -0.1) is 0 Å². The summed E-state index contributed by atoms with van der Waals surface area (Å²) in [5.74, 6) is -1.47. The molecule has 4 rings (SSSR count). The van der Waals surface area contributed by atoms with E-state index >= 15 is 0 Å². The van der Waals surface area contributed by atoms with Crippen molar-refractivity contribution in [3.8, 4) is 0 Å². The third-order valence-electron chi connectivity index (χ3n) is 5.22. The van der Waals surface area contributed by atoms with E-state index in [1.807, 2.05) is 37.3 Å². The lowest BCUT2D eigenvalue weighted by Crippen LogP contribution is -2.32. The van der Waals surface area contributed by atoms with E-state index in [0.29, 0.717) is 22.8 Å². The minimum absolute atomic E-state index is 0.0729. The summed E-state index contributed by atoms with van der Waals surface area (Å²) in [6.45, 7) is 2.41. The third kappa shape index (κ3) is 4.53. The molecule has 0 radical (unpaired) electrons. The first kappa shape index (κ1) is 23.8. The number of hydrogen-bond acceptors (Lipinski definition) is 4. The average molecular weight is 515 g/mol. The Labute approximate surface area is 211 Å². The minimum atomic E-state index is -0.680. The smallest absolute Gasteiger partial charge is 0.283 e. The predicted molar refractivity (Wildman–Crippen MR) is 136 cm³/mol. The van der Waals surface area contributed by atoms with Gasteiger partial charge in [0.15, 0.2) is 0 Å². The highest BCUT2D eigenvalue weighted by molar-refractivity contribution is 6.53. The van der Waals surface area contributed by atoms with E-state index in [-0.39, 0.29) is 27.3 Å². The number of carbonyl (C=O) groups excluding carboxylic acids is 3. The Balaban J connectivity index is 1.53. The van der Waals surface area contributed by atoms with Crippen LogP contribution in [0.4, 0.5) is 17.1 Å². The summed E-state index contributed by atoms with van der Waals surface area (Å²) >= 11 is 18.1. The lowest BCUT2D eigenvalue weighted by molar-refractivity contribution is -0.120. The summed E-state index contributed by atoms with van der Waals surface area (Å²) in [7, 11) is 0. The zero-order valence-electron chi connectivity index (χ0n) is 17.9. The number of anilines is 3. The molecule has 0 spiro atoms. The molecule has 0 bridgehead atoms. The molecule has 0 fully saturated rings. The van der Waals surface area contributed by atoms with Gasteiger partial charge in [-0.3, -0.25) is 14.4 Å². The molecule has 1 aliphatic rings. The van der Waals surface area contributed by atoms with Crippen LogP contribution in [0.3, 0.4) is 0 Å². The summed E-state index contributed by atoms with van der Waals surface area (Å²) < 4.78 is 0. The second kappa shape index (κ2) is 9.89. The largest absolute Gasteiger partial charge is 0.350 e. The highest BCUT2D eigenvalue weighted by Crippen LogP contribution is 2.33. The number of rotatable bonds is 6. The Kier molecular flexibility index (Phi) is 6.93. The number of amides is 3. The maximum absolute atomic E-state index is 13.0. The van der Waals surface area contributed by atoms with E-state index in [2.05, 4.69) is 5.32 Å². The molecule has 1 heterocycles. The van der Waals surface area contributed by atoms with Gasteiger partial charge in [-0.25, -0.2) is 4.90 Å². The first-order chi connectivity index (χ1) is 16.3. The molecule has 6 nitrogen and oxygen atoms in total. The molecule has 3 aromatic carbocycles. The molecule has 172 valence electrons. The SMILES string of the molecule is CCN(C(=O)c1ccc(NC2=C(Cl)C(=O)N(c3ccc(Cl)c(Cl)c3)C2=O)cc1)c1ccccc1. The van der Waals surface area contributed by atoms with Gasteiger partial charge in [-0.05, 0) is 61.5 Å². The summed E-state index contributed by atoms with van der Waals surface area (Å²) in [5, 5.41) is 3.14. The summed E-state index contributed by atoms with van der Waals surface area (Å²) in [6, 6.07) is 20.3. The topological polar surface area (TPSA) is 69.7 Å². The van der Waals surface area contributed by atoms with Crippen molar-refractivity contribution in [2.45, 2.75) is 6.92 Å². The molecule has 0 unspecified atom stereocenters. The maximum atomic E-state index is 13.0. The quantitative estimate of drug-likeness (QED) is 0.404. The van der Waals surface area contributed by atoms with Crippen LogP contribution in [0.2, 0.25) is 10.0 Å². The Morgan fingerprint density at radius 1 is 0.882 bits per heavy atom. The number of para-hydroxylation sites is 1. The van der Waals surface area contributed by atoms with Crippen LogP contribution in [-0.4, -0.2) is 24.3 Å². The predicted octanol–water partition coefficient (Wildman–Crippen LogP) is 6.10. The Morgan fingerprint density at radius 2 is 1.56 bits per heavy atom. The zero-order valence-corrected chi connectivity index (χ0v) is 20.2. The van der Waals surface area contributed by atoms with E-state index in [4.69, 9.17) is 34.8 Å². The van der Waals surface area contributed by atoms with Crippen LogP contribution in [0.25, 0.3) is 0 Å². The van der Waals surface area contributed by atoms with Crippen LogP contribution in [0.5, 0.6) is 0 Å². The van der Waals surface area contributed by atoms with Crippen molar-refractivity contribution in [1.29, 1.82) is 0 Å².